The monoisotopic (exact) mass is 273 g/mol. The Balaban J connectivity index is 2.56. The van der Waals surface area contributed by atoms with Crippen molar-refractivity contribution in [3.8, 4) is 6.07 Å². The molecule has 0 amide bonds. The van der Waals surface area contributed by atoms with Gasteiger partial charge in [0.25, 0.3) is 0 Å². The van der Waals surface area contributed by atoms with Gasteiger partial charge in [-0.2, -0.15) is 17.0 Å². The molecule has 0 aliphatic rings. The highest BCUT2D eigenvalue weighted by molar-refractivity contribution is 7.99. The van der Waals surface area contributed by atoms with E-state index < -0.39 is 15.7 Å². The van der Waals surface area contributed by atoms with E-state index in [9.17, 15) is 12.8 Å². The highest BCUT2D eigenvalue weighted by Crippen LogP contribution is 2.18. The second-order valence-electron chi connectivity index (χ2n) is 3.57. The third kappa shape index (κ3) is 4.75. The molecular weight excluding hydrogens is 261 g/mol. The molecule has 0 aliphatic carbocycles. The quantitative estimate of drug-likeness (QED) is 0.770. The number of thioether (sulfide) groups is 1. The van der Waals surface area contributed by atoms with E-state index in [1.165, 1.54) is 24.1 Å². The Morgan fingerprint density at radius 3 is 2.76 bits per heavy atom. The van der Waals surface area contributed by atoms with E-state index >= 15 is 0 Å². The van der Waals surface area contributed by atoms with Crippen LogP contribution in [0.15, 0.2) is 18.2 Å². The minimum Gasteiger partial charge on any atom is -0.229 e. The van der Waals surface area contributed by atoms with Gasteiger partial charge in [-0.3, -0.25) is 0 Å². The molecule has 1 aromatic carbocycles. The number of rotatable bonds is 5. The van der Waals surface area contributed by atoms with Crippen LogP contribution in [-0.2, 0) is 15.6 Å². The molecule has 17 heavy (non-hydrogen) atoms. The lowest BCUT2D eigenvalue weighted by Gasteiger charge is -2.03. The molecule has 3 nitrogen and oxygen atoms in total. The van der Waals surface area contributed by atoms with Gasteiger partial charge in [-0.25, -0.2) is 12.8 Å². The largest absolute Gasteiger partial charge is 0.229 e. The van der Waals surface area contributed by atoms with Crippen molar-refractivity contribution in [3.05, 3.63) is 35.1 Å². The first-order chi connectivity index (χ1) is 7.94. The van der Waals surface area contributed by atoms with E-state index in [-0.39, 0.29) is 11.3 Å². The maximum Gasteiger partial charge on any atom is 0.148 e. The summed E-state index contributed by atoms with van der Waals surface area (Å²) in [5, 5.41) is 8.65. The highest BCUT2D eigenvalue weighted by Gasteiger charge is 2.08. The number of nitriles is 1. The Bertz CT molecular complexity index is 535. The zero-order valence-electron chi connectivity index (χ0n) is 9.31. The van der Waals surface area contributed by atoms with E-state index in [2.05, 4.69) is 0 Å². The van der Waals surface area contributed by atoms with Gasteiger partial charge in [0, 0.05) is 17.8 Å². The summed E-state index contributed by atoms with van der Waals surface area (Å²) in [7, 11) is -2.97. The van der Waals surface area contributed by atoms with Gasteiger partial charge in [0.15, 0.2) is 0 Å². The molecule has 0 unspecified atom stereocenters. The summed E-state index contributed by atoms with van der Waals surface area (Å²) in [5.74, 6) is 0.366. The predicted octanol–water partition coefficient (Wildman–Crippen LogP) is 1.98. The first-order valence-electron chi connectivity index (χ1n) is 4.87. The lowest BCUT2D eigenvalue weighted by molar-refractivity contribution is 0.603. The number of nitrogens with zero attached hydrogens (tertiary/aromatic N) is 1. The van der Waals surface area contributed by atoms with Crippen LogP contribution in [0.4, 0.5) is 4.39 Å². The number of benzene rings is 1. The van der Waals surface area contributed by atoms with Crippen molar-refractivity contribution >= 4 is 21.6 Å². The smallest absolute Gasteiger partial charge is 0.148 e. The van der Waals surface area contributed by atoms with Crippen LogP contribution in [0.1, 0.15) is 11.1 Å². The topological polar surface area (TPSA) is 57.9 Å². The molecule has 0 fully saturated rings. The average molecular weight is 273 g/mol. The van der Waals surface area contributed by atoms with Crippen molar-refractivity contribution in [1.82, 2.24) is 0 Å². The molecule has 0 spiro atoms. The van der Waals surface area contributed by atoms with Crippen LogP contribution in [0, 0.1) is 17.1 Å². The lowest BCUT2D eigenvalue weighted by Crippen LogP contribution is -2.05. The summed E-state index contributed by atoms with van der Waals surface area (Å²) in [6.45, 7) is 0. The van der Waals surface area contributed by atoms with Gasteiger partial charge < -0.3 is 0 Å². The lowest BCUT2D eigenvalue weighted by atomic mass is 10.1. The molecule has 0 atom stereocenters. The Kier molecular flexibility index (Phi) is 4.97. The third-order valence-corrected chi connectivity index (χ3v) is 4.27. The Morgan fingerprint density at radius 2 is 2.18 bits per heavy atom. The molecule has 0 saturated heterocycles. The summed E-state index contributed by atoms with van der Waals surface area (Å²) in [5.41, 5.74) is 0.453. The van der Waals surface area contributed by atoms with Crippen LogP contribution < -0.4 is 0 Å². The first kappa shape index (κ1) is 14.0. The van der Waals surface area contributed by atoms with Gasteiger partial charge in [-0.1, -0.05) is 12.1 Å². The van der Waals surface area contributed by atoms with Gasteiger partial charge in [-0.05, 0) is 11.6 Å². The van der Waals surface area contributed by atoms with Crippen molar-refractivity contribution in [2.24, 2.45) is 0 Å². The Morgan fingerprint density at radius 1 is 1.47 bits per heavy atom. The van der Waals surface area contributed by atoms with E-state index in [0.717, 1.165) is 0 Å². The molecule has 0 N–H and O–H groups in total. The number of halogens is 1. The van der Waals surface area contributed by atoms with Crippen LogP contribution in [0.3, 0.4) is 0 Å². The Hall–Kier alpha value is -1.06. The number of hydrogen-bond donors (Lipinski definition) is 0. The molecule has 6 heteroatoms. The van der Waals surface area contributed by atoms with Crippen molar-refractivity contribution < 1.29 is 12.8 Å². The Labute approximate surface area is 105 Å². The predicted molar refractivity (Wildman–Crippen MR) is 67.0 cm³/mol. The number of hydrogen-bond acceptors (Lipinski definition) is 4. The van der Waals surface area contributed by atoms with Crippen LogP contribution in [0.5, 0.6) is 0 Å². The molecule has 0 radical (unpaired) electrons. The van der Waals surface area contributed by atoms with E-state index in [1.54, 1.807) is 18.2 Å². The molecule has 1 rings (SSSR count). The first-order valence-corrected chi connectivity index (χ1v) is 8.08. The summed E-state index contributed by atoms with van der Waals surface area (Å²) >= 11 is 1.34. The van der Waals surface area contributed by atoms with Crippen LogP contribution in [0.25, 0.3) is 0 Å². The van der Waals surface area contributed by atoms with Crippen molar-refractivity contribution in [3.63, 3.8) is 0 Å². The fourth-order valence-electron chi connectivity index (χ4n) is 1.17. The molecule has 92 valence electrons. The maximum atomic E-state index is 13.6. The zero-order chi connectivity index (χ0) is 12.9. The molecule has 0 aromatic heterocycles. The van der Waals surface area contributed by atoms with Crippen molar-refractivity contribution in [2.75, 3.05) is 17.8 Å². The second kappa shape index (κ2) is 6.03. The summed E-state index contributed by atoms with van der Waals surface area (Å²) < 4.78 is 35.3. The third-order valence-electron chi connectivity index (χ3n) is 2.06. The average Bonchev–Trinajstić information content (AvgIpc) is 2.25. The van der Waals surface area contributed by atoms with Crippen molar-refractivity contribution in [2.45, 2.75) is 5.75 Å². The molecule has 0 bridgehead atoms. The molecule has 0 saturated carbocycles. The highest BCUT2D eigenvalue weighted by atomic mass is 32.2. The van der Waals surface area contributed by atoms with Crippen LogP contribution in [0.2, 0.25) is 0 Å². The SMILES string of the molecule is CS(=O)(=O)CCSCc1cccc(C#N)c1F. The summed E-state index contributed by atoms with van der Waals surface area (Å²) in [4.78, 5) is 0. The maximum absolute atomic E-state index is 13.6. The fourth-order valence-corrected chi connectivity index (χ4v) is 3.44. The second-order valence-corrected chi connectivity index (χ2v) is 6.94. The van der Waals surface area contributed by atoms with E-state index in [1.807, 2.05) is 0 Å². The molecule has 1 aromatic rings. The zero-order valence-corrected chi connectivity index (χ0v) is 10.9. The molecular formula is C11H12FNO2S2. The number of sulfone groups is 1. The van der Waals surface area contributed by atoms with Gasteiger partial charge >= 0.3 is 0 Å². The minimum atomic E-state index is -2.97. The van der Waals surface area contributed by atoms with E-state index in [4.69, 9.17) is 5.26 Å². The van der Waals surface area contributed by atoms with Crippen LogP contribution in [-0.4, -0.2) is 26.2 Å². The van der Waals surface area contributed by atoms with E-state index in [0.29, 0.717) is 17.1 Å². The molecule has 0 aliphatic heterocycles. The van der Waals surface area contributed by atoms with Crippen molar-refractivity contribution in [1.29, 1.82) is 5.26 Å². The van der Waals surface area contributed by atoms with Gasteiger partial charge in [0.1, 0.15) is 21.7 Å². The standard InChI is InChI=1S/C11H12FNO2S2/c1-17(14,15)6-5-16-8-10-4-2-3-9(7-13)11(10)12/h2-4H,5-6,8H2,1H3. The molecule has 0 heterocycles. The van der Waals surface area contributed by atoms with Crippen LogP contribution >= 0.6 is 11.8 Å². The van der Waals surface area contributed by atoms with Gasteiger partial charge in [-0.15, -0.1) is 0 Å². The summed E-state index contributed by atoms with van der Waals surface area (Å²) in [6, 6.07) is 6.41. The minimum absolute atomic E-state index is 0.0196. The van der Waals surface area contributed by atoms with Gasteiger partial charge in [0.05, 0.1) is 11.3 Å². The summed E-state index contributed by atoms with van der Waals surface area (Å²) in [6.07, 6.45) is 1.17. The van der Waals surface area contributed by atoms with Gasteiger partial charge in [0.2, 0.25) is 0 Å². The normalized spacial score (nSPS) is 11.1. The fraction of sp³-hybridized carbons (Fsp3) is 0.364.